The third kappa shape index (κ3) is 3.60. The van der Waals surface area contributed by atoms with Crippen LogP contribution in [0.2, 0.25) is 0 Å². The van der Waals surface area contributed by atoms with Crippen molar-refractivity contribution in [1.29, 1.82) is 10.5 Å². The van der Waals surface area contributed by atoms with E-state index in [9.17, 15) is 0 Å². The van der Waals surface area contributed by atoms with Crippen LogP contribution in [0.5, 0.6) is 0 Å². The van der Waals surface area contributed by atoms with Gasteiger partial charge in [-0.25, -0.2) is 0 Å². The molecule has 1 saturated heterocycles. The summed E-state index contributed by atoms with van der Waals surface area (Å²) in [7, 11) is 4.15. The first-order chi connectivity index (χ1) is 8.49. The molecule has 1 heterocycles. The Morgan fingerprint density at radius 1 is 1.28 bits per heavy atom. The van der Waals surface area contributed by atoms with Crippen LogP contribution >= 0.6 is 0 Å². The fourth-order valence-electron chi connectivity index (χ4n) is 2.08. The summed E-state index contributed by atoms with van der Waals surface area (Å²) in [5, 5.41) is 17.7. The summed E-state index contributed by atoms with van der Waals surface area (Å²) in [6.07, 6.45) is 2.69. The summed E-state index contributed by atoms with van der Waals surface area (Å²) >= 11 is 0. The Bertz CT molecular complexity index is 334. The van der Waals surface area contributed by atoms with Gasteiger partial charge in [0.05, 0.1) is 12.5 Å². The SMILES string of the molecule is CC(C)N(C)CC(CC#N)N(C)C1CN(C#N)C1. The number of nitrogens with zero attached hydrogens (tertiary/aromatic N) is 5. The van der Waals surface area contributed by atoms with Gasteiger partial charge in [0.1, 0.15) is 0 Å². The molecular formula is C13H23N5. The smallest absolute Gasteiger partial charge is 0.179 e. The minimum atomic E-state index is 0.244. The van der Waals surface area contributed by atoms with Crippen molar-refractivity contribution in [3.63, 3.8) is 0 Å². The molecular weight excluding hydrogens is 226 g/mol. The molecule has 0 spiro atoms. The van der Waals surface area contributed by atoms with Gasteiger partial charge in [-0.2, -0.15) is 10.5 Å². The first kappa shape index (κ1) is 14.8. The van der Waals surface area contributed by atoms with Crippen LogP contribution in [0.1, 0.15) is 20.3 Å². The van der Waals surface area contributed by atoms with Crippen molar-refractivity contribution in [2.45, 2.75) is 38.4 Å². The Balaban J connectivity index is 2.52. The van der Waals surface area contributed by atoms with Gasteiger partial charge in [-0.1, -0.05) is 0 Å². The maximum Gasteiger partial charge on any atom is 0.179 e. The molecule has 5 nitrogen and oxygen atoms in total. The number of hydrogen-bond acceptors (Lipinski definition) is 5. The Labute approximate surface area is 110 Å². The molecule has 0 bridgehead atoms. The lowest BCUT2D eigenvalue weighted by Gasteiger charge is -2.44. The second kappa shape index (κ2) is 6.58. The second-order valence-electron chi connectivity index (χ2n) is 5.37. The molecule has 1 aliphatic rings. The molecule has 100 valence electrons. The third-order valence-corrected chi connectivity index (χ3v) is 3.86. The number of nitriles is 2. The van der Waals surface area contributed by atoms with E-state index in [0.717, 1.165) is 19.6 Å². The van der Waals surface area contributed by atoms with Crippen molar-refractivity contribution in [3.8, 4) is 12.3 Å². The van der Waals surface area contributed by atoms with Crippen LogP contribution in [-0.2, 0) is 0 Å². The summed E-state index contributed by atoms with van der Waals surface area (Å²) in [6, 6.07) is 3.41. The summed E-state index contributed by atoms with van der Waals surface area (Å²) in [6.45, 7) is 6.79. The number of hydrogen-bond donors (Lipinski definition) is 0. The summed E-state index contributed by atoms with van der Waals surface area (Å²) in [5.74, 6) is 0. The van der Waals surface area contributed by atoms with Crippen LogP contribution in [0.3, 0.4) is 0 Å². The molecule has 0 amide bonds. The number of likely N-dealkylation sites (N-methyl/N-ethyl adjacent to an activating group) is 2. The maximum atomic E-state index is 8.95. The number of likely N-dealkylation sites (tertiary alicyclic amines) is 1. The highest BCUT2D eigenvalue weighted by Gasteiger charge is 2.33. The Kier molecular flexibility index (Phi) is 5.40. The van der Waals surface area contributed by atoms with Crippen molar-refractivity contribution >= 4 is 0 Å². The zero-order valence-corrected chi connectivity index (χ0v) is 11.8. The largest absolute Gasteiger partial charge is 0.307 e. The second-order valence-corrected chi connectivity index (χ2v) is 5.37. The van der Waals surface area contributed by atoms with E-state index < -0.39 is 0 Å². The van der Waals surface area contributed by atoms with Crippen molar-refractivity contribution in [3.05, 3.63) is 0 Å². The molecule has 0 N–H and O–H groups in total. The topological polar surface area (TPSA) is 57.3 Å². The van der Waals surface area contributed by atoms with Crippen LogP contribution in [0, 0.1) is 22.8 Å². The normalized spacial score (nSPS) is 17.7. The molecule has 18 heavy (non-hydrogen) atoms. The van der Waals surface area contributed by atoms with Crippen molar-refractivity contribution in [1.82, 2.24) is 14.7 Å². The summed E-state index contributed by atoms with van der Waals surface area (Å²) < 4.78 is 0. The van der Waals surface area contributed by atoms with E-state index in [-0.39, 0.29) is 6.04 Å². The van der Waals surface area contributed by atoms with Crippen LogP contribution in [0.25, 0.3) is 0 Å². The van der Waals surface area contributed by atoms with Gasteiger partial charge in [0, 0.05) is 37.8 Å². The van der Waals surface area contributed by atoms with Crippen LogP contribution in [0.15, 0.2) is 0 Å². The minimum Gasteiger partial charge on any atom is -0.307 e. The first-order valence-electron chi connectivity index (χ1n) is 6.43. The van der Waals surface area contributed by atoms with E-state index in [2.05, 4.69) is 50.0 Å². The first-order valence-corrected chi connectivity index (χ1v) is 6.43. The molecule has 1 unspecified atom stereocenters. The predicted octanol–water partition coefficient (Wildman–Crippen LogP) is 0.706. The van der Waals surface area contributed by atoms with E-state index in [0.29, 0.717) is 18.5 Å². The van der Waals surface area contributed by atoms with E-state index in [4.69, 9.17) is 10.5 Å². The Morgan fingerprint density at radius 2 is 1.89 bits per heavy atom. The van der Waals surface area contributed by atoms with Crippen LogP contribution in [0.4, 0.5) is 0 Å². The molecule has 0 aliphatic carbocycles. The van der Waals surface area contributed by atoms with E-state index in [1.165, 1.54) is 0 Å². The van der Waals surface area contributed by atoms with Gasteiger partial charge in [0.2, 0.25) is 0 Å². The van der Waals surface area contributed by atoms with E-state index >= 15 is 0 Å². The fraction of sp³-hybridized carbons (Fsp3) is 0.846. The highest BCUT2D eigenvalue weighted by atomic mass is 15.3. The van der Waals surface area contributed by atoms with E-state index in [1.54, 1.807) is 4.90 Å². The highest BCUT2D eigenvalue weighted by Crippen LogP contribution is 2.17. The van der Waals surface area contributed by atoms with Gasteiger partial charge in [0.25, 0.3) is 0 Å². The minimum absolute atomic E-state index is 0.244. The van der Waals surface area contributed by atoms with Crippen LogP contribution < -0.4 is 0 Å². The zero-order valence-electron chi connectivity index (χ0n) is 11.8. The van der Waals surface area contributed by atoms with Crippen molar-refractivity contribution in [2.75, 3.05) is 33.7 Å². The lowest BCUT2D eigenvalue weighted by molar-refractivity contribution is 0.0458. The third-order valence-electron chi connectivity index (χ3n) is 3.86. The van der Waals surface area contributed by atoms with Crippen molar-refractivity contribution < 1.29 is 0 Å². The standard InChI is InChI=1S/C13H23N5/c1-11(2)16(3)7-12(5-6-14)17(4)13-8-18(9-13)10-15/h11-13H,5,7-9H2,1-4H3. The van der Waals surface area contributed by atoms with Gasteiger partial charge >= 0.3 is 0 Å². The maximum absolute atomic E-state index is 8.95. The van der Waals surface area contributed by atoms with E-state index in [1.807, 2.05) is 0 Å². The van der Waals surface area contributed by atoms with Crippen LogP contribution in [-0.4, -0.2) is 66.6 Å². The summed E-state index contributed by atoms with van der Waals surface area (Å²) in [5.41, 5.74) is 0. The Hall–Kier alpha value is -1.30. The van der Waals surface area contributed by atoms with Gasteiger partial charge in [-0.3, -0.25) is 4.90 Å². The fourth-order valence-corrected chi connectivity index (χ4v) is 2.08. The monoisotopic (exact) mass is 249 g/mol. The van der Waals surface area contributed by atoms with Crippen molar-refractivity contribution in [2.24, 2.45) is 0 Å². The average Bonchev–Trinajstić information content (AvgIpc) is 2.26. The molecule has 1 aliphatic heterocycles. The van der Waals surface area contributed by atoms with Gasteiger partial charge in [-0.15, -0.1) is 0 Å². The Morgan fingerprint density at radius 3 is 2.33 bits per heavy atom. The average molecular weight is 249 g/mol. The molecule has 1 rings (SSSR count). The summed E-state index contributed by atoms with van der Waals surface area (Å²) in [4.78, 5) is 6.27. The predicted molar refractivity (Wildman–Crippen MR) is 70.5 cm³/mol. The highest BCUT2D eigenvalue weighted by molar-refractivity contribution is 4.97. The molecule has 1 fully saturated rings. The van der Waals surface area contributed by atoms with Gasteiger partial charge in [-0.05, 0) is 27.9 Å². The molecule has 0 radical (unpaired) electrons. The lowest BCUT2D eigenvalue weighted by Crippen LogP contribution is -2.60. The molecule has 0 aromatic rings. The molecule has 0 aromatic heterocycles. The zero-order chi connectivity index (χ0) is 13.7. The number of rotatable bonds is 6. The van der Waals surface area contributed by atoms with Gasteiger partial charge < -0.3 is 9.80 Å². The quantitative estimate of drug-likeness (QED) is 0.649. The van der Waals surface area contributed by atoms with Gasteiger partial charge in [0.15, 0.2) is 6.19 Å². The molecule has 0 aromatic carbocycles. The molecule has 1 atom stereocenters. The lowest BCUT2D eigenvalue weighted by atomic mass is 10.0. The molecule has 5 heteroatoms. The molecule has 0 saturated carbocycles.